The molecule has 3 heteroatoms. The van der Waals surface area contributed by atoms with Crippen LogP contribution in [0.15, 0.2) is 24.3 Å². The monoisotopic (exact) mass is 263 g/mol. The van der Waals surface area contributed by atoms with Crippen LogP contribution < -0.4 is 10.1 Å². The van der Waals surface area contributed by atoms with Crippen molar-refractivity contribution < 1.29 is 9.47 Å². The van der Waals surface area contributed by atoms with Gasteiger partial charge in [0.25, 0.3) is 0 Å². The Kier molecular flexibility index (Phi) is 5.23. The van der Waals surface area contributed by atoms with Gasteiger partial charge in [-0.05, 0) is 24.1 Å². The first-order chi connectivity index (χ1) is 9.22. The Bertz CT molecular complexity index is 371. The zero-order valence-corrected chi connectivity index (χ0v) is 12.1. The van der Waals surface area contributed by atoms with Crippen molar-refractivity contribution in [2.75, 3.05) is 26.4 Å². The van der Waals surface area contributed by atoms with Crippen molar-refractivity contribution in [1.82, 2.24) is 5.32 Å². The first-order valence-corrected chi connectivity index (χ1v) is 7.22. The van der Waals surface area contributed by atoms with Gasteiger partial charge in [-0.2, -0.15) is 0 Å². The van der Waals surface area contributed by atoms with Crippen molar-refractivity contribution >= 4 is 0 Å². The van der Waals surface area contributed by atoms with Crippen LogP contribution in [0, 0.1) is 5.41 Å². The van der Waals surface area contributed by atoms with Crippen molar-refractivity contribution in [3.8, 4) is 5.75 Å². The maximum Gasteiger partial charge on any atom is 0.119 e. The summed E-state index contributed by atoms with van der Waals surface area (Å²) in [7, 11) is 0. The lowest BCUT2D eigenvalue weighted by atomic mass is 9.89. The molecule has 19 heavy (non-hydrogen) atoms. The molecule has 0 aliphatic carbocycles. The van der Waals surface area contributed by atoms with E-state index >= 15 is 0 Å². The summed E-state index contributed by atoms with van der Waals surface area (Å²) < 4.78 is 10.9. The molecule has 0 atom stereocenters. The van der Waals surface area contributed by atoms with E-state index in [-0.39, 0.29) is 0 Å². The number of rotatable bonds is 8. The highest BCUT2D eigenvalue weighted by molar-refractivity contribution is 5.27. The summed E-state index contributed by atoms with van der Waals surface area (Å²) in [6, 6.07) is 8.38. The van der Waals surface area contributed by atoms with E-state index in [2.05, 4.69) is 43.4 Å². The molecule has 0 bridgehead atoms. The average molecular weight is 263 g/mol. The van der Waals surface area contributed by atoms with Crippen molar-refractivity contribution in [1.29, 1.82) is 0 Å². The summed E-state index contributed by atoms with van der Waals surface area (Å²) in [6.07, 6.45) is 2.29. The molecule has 1 fully saturated rings. The summed E-state index contributed by atoms with van der Waals surface area (Å²) in [5.41, 5.74) is 1.63. The molecule has 106 valence electrons. The lowest BCUT2D eigenvalue weighted by molar-refractivity contribution is -0.0991. The third-order valence-electron chi connectivity index (χ3n) is 3.47. The van der Waals surface area contributed by atoms with Crippen LogP contribution in [0.5, 0.6) is 5.75 Å². The second-order valence-electron chi connectivity index (χ2n) is 5.75. The fourth-order valence-electron chi connectivity index (χ4n) is 2.10. The van der Waals surface area contributed by atoms with Crippen molar-refractivity contribution in [2.24, 2.45) is 5.41 Å². The van der Waals surface area contributed by atoms with Gasteiger partial charge >= 0.3 is 0 Å². The molecule has 1 aromatic carbocycles. The molecule has 0 spiro atoms. The zero-order chi connectivity index (χ0) is 13.6. The molecule has 1 aliphatic rings. The van der Waals surface area contributed by atoms with Gasteiger partial charge in [0.05, 0.1) is 19.8 Å². The van der Waals surface area contributed by atoms with Gasteiger partial charge in [0.2, 0.25) is 0 Å². The largest absolute Gasteiger partial charge is 0.494 e. The Balaban J connectivity index is 1.69. The minimum Gasteiger partial charge on any atom is -0.494 e. The molecule has 1 saturated heterocycles. The van der Waals surface area contributed by atoms with Crippen LogP contribution >= 0.6 is 0 Å². The highest BCUT2D eigenvalue weighted by Gasteiger charge is 2.32. The molecule has 2 rings (SSSR count). The van der Waals surface area contributed by atoms with Gasteiger partial charge in [0.1, 0.15) is 5.75 Å². The smallest absolute Gasteiger partial charge is 0.119 e. The average Bonchev–Trinajstić information content (AvgIpc) is 2.39. The third-order valence-corrected chi connectivity index (χ3v) is 3.47. The first kappa shape index (κ1) is 14.4. The van der Waals surface area contributed by atoms with Crippen molar-refractivity contribution in [3.05, 3.63) is 29.8 Å². The second kappa shape index (κ2) is 6.92. The van der Waals surface area contributed by atoms with Crippen LogP contribution in [0.4, 0.5) is 0 Å². The van der Waals surface area contributed by atoms with Gasteiger partial charge in [-0.25, -0.2) is 0 Å². The molecule has 0 unspecified atom stereocenters. The molecule has 3 nitrogen and oxygen atoms in total. The summed E-state index contributed by atoms with van der Waals surface area (Å²) in [6.45, 7) is 8.92. The quantitative estimate of drug-likeness (QED) is 0.731. The van der Waals surface area contributed by atoms with Crippen LogP contribution in [-0.2, 0) is 11.3 Å². The molecular formula is C16H25NO2. The number of nitrogens with one attached hydrogen (secondary N) is 1. The fraction of sp³-hybridized carbons (Fsp3) is 0.625. The lowest BCUT2D eigenvalue weighted by Crippen LogP contribution is -2.47. The van der Waals surface area contributed by atoms with E-state index in [4.69, 9.17) is 9.47 Å². The van der Waals surface area contributed by atoms with Gasteiger partial charge in [0.15, 0.2) is 0 Å². The zero-order valence-electron chi connectivity index (χ0n) is 12.1. The lowest BCUT2D eigenvalue weighted by Gasteiger charge is -2.38. The summed E-state index contributed by atoms with van der Waals surface area (Å²) in [5.74, 6) is 0.969. The number of hydrogen-bond donors (Lipinski definition) is 1. The molecule has 0 radical (unpaired) electrons. The van der Waals surface area contributed by atoms with Crippen LogP contribution in [0.3, 0.4) is 0 Å². The predicted octanol–water partition coefficient (Wildman–Crippen LogP) is 2.99. The van der Waals surface area contributed by atoms with Gasteiger partial charge < -0.3 is 14.8 Å². The Labute approximate surface area is 116 Å². The second-order valence-corrected chi connectivity index (χ2v) is 5.75. The predicted molar refractivity (Wildman–Crippen MR) is 77.5 cm³/mol. The van der Waals surface area contributed by atoms with Crippen molar-refractivity contribution in [2.45, 2.75) is 33.2 Å². The maximum atomic E-state index is 5.65. The number of ether oxygens (including phenoxy) is 2. The Hall–Kier alpha value is -1.06. The first-order valence-electron chi connectivity index (χ1n) is 7.22. The van der Waals surface area contributed by atoms with E-state index in [9.17, 15) is 0 Å². The Morgan fingerprint density at radius 2 is 2.00 bits per heavy atom. The normalized spacial score (nSPS) is 16.9. The standard InChI is InChI=1S/C16H25NO2/c1-3-4-9-19-15-7-5-14(6-8-15)10-17-11-16(2)12-18-13-16/h5-8,17H,3-4,9-13H2,1-2H3. The van der Waals surface area contributed by atoms with E-state index in [0.717, 1.165) is 45.1 Å². The highest BCUT2D eigenvalue weighted by atomic mass is 16.5. The molecule has 0 saturated carbocycles. The van der Waals surface area contributed by atoms with Crippen LogP contribution in [-0.4, -0.2) is 26.4 Å². The summed E-state index contributed by atoms with van der Waals surface area (Å²) in [5, 5.41) is 3.50. The third kappa shape index (κ3) is 4.51. The molecule has 0 aromatic heterocycles. The SMILES string of the molecule is CCCCOc1ccc(CNCC2(C)COC2)cc1. The fourth-order valence-corrected chi connectivity index (χ4v) is 2.10. The van der Waals surface area contributed by atoms with Gasteiger partial charge in [-0.3, -0.25) is 0 Å². The van der Waals surface area contributed by atoms with Crippen molar-refractivity contribution in [3.63, 3.8) is 0 Å². The molecule has 1 heterocycles. The molecule has 0 amide bonds. The molecule has 1 N–H and O–H groups in total. The van der Waals surface area contributed by atoms with Gasteiger partial charge in [-0.15, -0.1) is 0 Å². The minimum atomic E-state index is 0.337. The topological polar surface area (TPSA) is 30.5 Å². The molecule has 1 aromatic rings. The number of benzene rings is 1. The molecular weight excluding hydrogens is 238 g/mol. The van der Waals surface area contributed by atoms with Crippen LogP contribution in [0.25, 0.3) is 0 Å². The maximum absolute atomic E-state index is 5.65. The van der Waals surface area contributed by atoms with Crippen LogP contribution in [0.2, 0.25) is 0 Å². The van der Waals surface area contributed by atoms with E-state index in [1.165, 1.54) is 12.0 Å². The summed E-state index contributed by atoms with van der Waals surface area (Å²) in [4.78, 5) is 0. The number of hydrogen-bond acceptors (Lipinski definition) is 3. The van der Waals surface area contributed by atoms with Gasteiger partial charge in [0, 0.05) is 18.5 Å². The van der Waals surface area contributed by atoms with E-state index < -0.39 is 0 Å². The van der Waals surface area contributed by atoms with Gasteiger partial charge in [-0.1, -0.05) is 32.4 Å². The Morgan fingerprint density at radius 3 is 2.58 bits per heavy atom. The van der Waals surface area contributed by atoms with E-state index in [1.54, 1.807) is 0 Å². The van der Waals surface area contributed by atoms with E-state index in [1.807, 2.05) is 0 Å². The molecule has 1 aliphatic heterocycles. The van der Waals surface area contributed by atoms with Crippen LogP contribution in [0.1, 0.15) is 32.3 Å². The summed E-state index contributed by atoms with van der Waals surface area (Å²) >= 11 is 0. The minimum absolute atomic E-state index is 0.337. The number of unbranched alkanes of at least 4 members (excludes halogenated alkanes) is 1. The Morgan fingerprint density at radius 1 is 1.26 bits per heavy atom. The highest BCUT2D eigenvalue weighted by Crippen LogP contribution is 2.25. The van der Waals surface area contributed by atoms with E-state index in [0.29, 0.717) is 5.41 Å².